The fourth-order valence-electron chi connectivity index (χ4n) is 1.27. The van der Waals surface area contributed by atoms with Crippen LogP contribution in [0.3, 0.4) is 0 Å². The summed E-state index contributed by atoms with van der Waals surface area (Å²) in [5.41, 5.74) is 7.50. The Labute approximate surface area is 97.8 Å². The maximum absolute atomic E-state index is 5.53. The number of nitrogens with two attached hydrogens (primary N) is 1. The minimum Gasteiger partial charge on any atom is -0.377 e. The van der Waals surface area contributed by atoms with Crippen LogP contribution in [0.1, 0.15) is 30.9 Å². The molecule has 0 heterocycles. The highest BCUT2D eigenvalue weighted by Crippen LogP contribution is 2.05. The molecule has 1 aromatic rings. The molecule has 0 saturated heterocycles. The second-order valence-corrected chi connectivity index (χ2v) is 3.61. The first-order valence-corrected chi connectivity index (χ1v) is 5.72. The van der Waals surface area contributed by atoms with Gasteiger partial charge in [-0.1, -0.05) is 37.3 Å². The molecule has 0 unspecified atom stereocenters. The number of rotatable bonds is 5. The Bertz CT molecular complexity index is 345. The van der Waals surface area contributed by atoms with Gasteiger partial charge in [-0.25, -0.2) is 0 Å². The Morgan fingerprint density at radius 1 is 1.25 bits per heavy atom. The normalized spacial score (nSPS) is 9.62. The van der Waals surface area contributed by atoms with Gasteiger partial charge in [0.15, 0.2) is 0 Å². The van der Waals surface area contributed by atoms with Crippen LogP contribution in [0.4, 0.5) is 0 Å². The van der Waals surface area contributed by atoms with E-state index in [0.29, 0.717) is 13.2 Å². The van der Waals surface area contributed by atoms with E-state index in [9.17, 15) is 0 Å². The summed E-state index contributed by atoms with van der Waals surface area (Å²) < 4.78 is 5.53. The Kier molecular flexibility index (Phi) is 6.32. The lowest BCUT2D eigenvalue weighted by Gasteiger charge is -2.03. The number of hydrogen-bond donors (Lipinski definition) is 1. The van der Waals surface area contributed by atoms with Gasteiger partial charge in [-0.15, -0.1) is 0 Å². The van der Waals surface area contributed by atoms with E-state index in [2.05, 4.69) is 18.8 Å². The van der Waals surface area contributed by atoms with Gasteiger partial charge in [0, 0.05) is 12.2 Å². The first-order valence-electron chi connectivity index (χ1n) is 5.72. The summed E-state index contributed by atoms with van der Waals surface area (Å²) in [4.78, 5) is 0. The van der Waals surface area contributed by atoms with Crippen LogP contribution >= 0.6 is 0 Å². The molecule has 2 nitrogen and oxygen atoms in total. The van der Waals surface area contributed by atoms with E-state index in [-0.39, 0.29) is 0 Å². The smallest absolute Gasteiger partial charge is 0.0716 e. The van der Waals surface area contributed by atoms with Crippen molar-refractivity contribution in [1.29, 1.82) is 0 Å². The highest BCUT2D eigenvalue weighted by Gasteiger charge is 1.93. The highest BCUT2D eigenvalue weighted by molar-refractivity contribution is 5.36. The maximum atomic E-state index is 5.53. The minimum atomic E-state index is 0.405. The third-order valence-electron chi connectivity index (χ3n) is 2.20. The molecule has 0 spiro atoms. The van der Waals surface area contributed by atoms with Crippen molar-refractivity contribution in [1.82, 2.24) is 0 Å². The lowest BCUT2D eigenvalue weighted by atomic mass is 10.1. The van der Waals surface area contributed by atoms with Gasteiger partial charge >= 0.3 is 0 Å². The van der Waals surface area contributed by atoms with Crippen LogP contribution in [0.15, 0.2) is 24.3 Å². The maximum Gasteiger partial charge on any atom is 0.0716 e. The average molecular weight is 217 g/mol. The Morgan fingerprint density at radius 3 is 2.62 bits per heavy atom. The minimum absolute atomic E-state index is 0.405. The second kappa shape index (κ2) is 7.92. The van der Waals surface area contributed by atoms with E-state index in [1.165, 1.54) is 12.0 Å². The molecule has 0 aliphatic carbocycles. The van der Waals surface area contributed by atoms with Gasteiger partial charge in [0.25, 0.3) is 0 Å². The van der Waals surface area contributed by atoms with E-state index in [1.54, 1.807) is 0 Å². The first-order chi connectivity index (χ1) is 7.86. The molecule has 2 N–H and O–H groups in total. The van der Waals surface area contributed by atoms with Crippen molar-refractivity contribution in [3.8, 4) is 11.8 Å². The van der Waals surface area contributed by atoms with E-state index in [1.807, 2.05) is 24.3 Å². The molecular formula is C14H19NO. The van der Waals surface area contributed by atoms with Crippen LogP contribution in [0.2, 0.25) is 0 Å². The van der Waals surface area contributed by atoms with Crippen molar-refractivity contribution in [2.24, 2.45) is 5.73 Å². The summed E-state index contributed by atoms with van der Waals surface area (Å²) >= 11 is 0. The van der Waals surface area contributed by atoms with Crippen LogP contribution in [-0.4, -0.2) is 13.2 Å². The molecular weight excluding hydrogens is 198 g/mol. The van der Waals surface area contributed by atoms with Crippen molar-refractivity contribution < 1.29 is 4.74 Å². The third-order valence-corrected chi connectivity index (χ3v) is 2.20. The molecule has 16 heavy (non-hydrogen) atoms. The topological polar surface area (TPSA) is 35.2 Å². The molecule has 0 radical (unpaired) electrons. The van der Waals surface area contributed by atoms with Crippen molar-refractivity contribution in [2.75, 3.05) is 13.2 Å². The van der Waals surface area contributed by atoms with Gasteiger partial charge in [0.1, 0.15) is 0 Å². The van der Waals surface area contributed by atoms with Crippen LogP contribution in [0, 0.1) is 11.8 Å². The molecule has 1 aromatic carbocycles. The molecule has 0 amide bonds. The van der Waals surface area contributed by atoms with Gasteiger partial charge in [-0.05, 0) is 24.1 Å². The predicted octanol–water partition coefficient (Wildman–Crippen LogP) is 2.31. The standard InChI is InChI=1S/C14H19NO/c1-2-3-11-16-12-14-8-6-13(7-9-14)5-4-10-15/h6-9H,2-3,10-12,15H2,1H3. The molecule has 0 fully saturated rings. The zero-order chi connectivity index (χ0) is 11.6. The van der Waals surface area contributed by atoms with E-state index >= 15 is 0 Å². The Hall–Kier alpha value is -1.30. The molecule has 0 aromatic heterocycles. The molecule has 0 atom stereocenters. The average Bonchev–Trinajstić information content (AvgIpc) is 2.33. The van der Waals surface area contributed by atoms with Crippen molar-refractivity contribution in [3.05, 3.63) is 35.4 Å². The zero-order valence-electron chi connectivity index (χ0n) is 9.83. The van der Waals surface area contributed by atoms with E-state index in [4.69, 9.17) is 10.5 Å². The summed E-state index contributed by atoms with van der Waals surface area (Å²) in [7, 11) is 0. The summed E-state index contributed by atoms with van der Waals surface area (Å²) in [5, 5.41) is 0. The second-order valence-electron chi connectivity index (χ2n) is 3.61. The predicted molar refractivity (Wildman–Crippen MR) is 66.9 cm³/mol. The molecule has 0 aliphatic heterocycles. The lowest BCUT2D eigenvalue weighted by Crippen LogP contribution is -1.95. The molecule has 2 heteroatoms. The summed E-state index contributed by atoms with van der Waals surface area (Å²) in [5.74, 6) is 5.82. The molecule has 0 bridgehead atoms. The van der Waals surface area contributed by atoms with E-state index in [0.717, 1.165) is 18.6 Å². The fourth-order valence-corrected chi connectivity index (χ4v) is 1.27. The van der Waals surface area contributed by atoms with Crippen molar-refractivity contribution >= 4 is 0 Å². The summed E-state index contributed by atoms with van der Waals surface area (Å²) in [6, 6.07) is 8.10. The SMILES string of the molecule is CCCCOCc1ccc(C#CCN)cc1. The van der Waals surface area contributed by atoms with Crippen LogP contribution in [0.5, 0.6) is 0 Å². The molecule has 0 aliphatic rings. The van der Waals surface area contributed by atoms with Crippen LogP contribution < -0.4 is 5.73 Å². The number of benzene rings is 1. The molecule has 1 rings (SSSR count). The third kappa shape index (κ3) is 4.97. The van der Waals surface area contributed by atoms with Gasteiger partial charge in [-0.2, -0.15) is 0 Å². The largest absolute Gasteiger partial charge is 0.377 e. The highest BCUT2D eigenvalue weighted by atomic mass is 16.5. The number of hydrogen-bond acceptors (Lipinski definition) is 2. The molecule has 86 valence electrons. The van der Waals surface area contributed by atoms with Crippen LogP contribution in [-0.2, 0) is 11.3 Å². The van der Waals surface area contributed by atoms with Gasteiger partial charge in [0.2, 0.25) is 0 Å². The lowest BCUT2D eigenvalue weighted by molar-refractivity contribution is 0.118. The van der Waals surface area contributed by atoms with Gasteiger partial charge < -0.3 is 10.5 Å². The summed E-state index contributed by atoms with van der Waals surface area (Å²) in [6.07, 6.45) is 2.30. The first kappa shape index (κ1) is 12.8. The van der Waals surface area contributed by atoms with Crippen LogP contribution in [0.25, 0.3) is 0 Å². The monoisotopic (exact) mass is 217 g/mol. The van der Waals surface area contributed by atoms with E-state index < -0.39 is 0 Å². The number of unbranched alkanes of at least 4 members (excludes halogenated alkanes) is 1. The van der Waals surface area contributed by atoms with Crippen molar-refractivity contribution in [2.45, 2.75) is 26.4 Å². The summed E-state index contributed by atoms with van der Waals surface area (Å²) in [6.45, 7) is 4.09. The molecule has 0 saturated carbocycles. The fraction of sp³-hybridized carbons (Fsp3) is 0.429. The quantitative estimate of drug-likeness (QED) is 0.607. The van der Waals surface area contributed by atoms with Gasteiger partial charge in [-0.3, -0.25) is 0 Å². The Balaban J connectivity index is 2.39. The van der Waals surface area contributed by atoms with Crippen molar-refractivity contribution in [3.63, 3.8) is 0 Å². The van der Waals surface area contributed by atoms with Gasteiger partial charge in [0.05, 0.1) is 13.2 Å². The number of ether oxygens (including phenoxy) is 1. The Morgan fingerprint density at radius 2 is 2.00 bits per heavy atom. The zero-order valence-corrected chi connectivity index (χ0v) is 9.83.